The van der Waals surface area contributed by atoms with Gasteiger partial charge in [-0.3, -0.25) is 4.79 Å². The zero-order valence-corrected chi connectivity index (χ0v) is 11.1. The highest BCUT2D eigenvalue weighted by Crippen LogP contribution is 2.23. The summed E-state index contributed by atoms with van der Waals surface area (Å²) in [4.78, 5) is 13.1. The molecule has 0 saturated carbocycles. The van der Waals surface area contributed by atoms with Gasteiger partial charge in [0.2, 0.25) is 5.91 Å². The zero-order valence-electron chi connectivity index (χ0n) is 11.1. The highest BCUT2D eigenvalue weighted by atomic mass is 16.2. The Labute approximate surface area is 94.4 Å². The van der Waals surface area contributed by atoms with Gasteiger partial charge in [0.1, 0.15) is 0 Å². The summed E-state index contributed by atoms with van der Waals surface area (Å²) in [6.07, 6.45) is 1.05. The van der Waals surface area contributed by atoms with E-state index in [1.165, 1.54) is 11.1 Å². The molecule has 1 heterocycles. The van der Waals surface area contributed by atoms with Crippen molar-refractivity contribution in [1.82, 2.24) is 4.90 Å². The molecule has 88 valence electrons. The van der Waals surface area contributed by atoms with Crippen molar-refractivity contribution in [2.45, 2.75) is 48.0 Å². The van der Waals surface area contributed by atoms with Gasteiger partial charge in [-0.05, 0) is 24.8 Å². The van der Waals surface area contributed by atoms with Gasteiger partial charge in [0.05, 0.1) is 0 Å². The maximum Gasteiger partial charge on any atom is 0.219 e. The maximum absolute atomic E-state index is 11.2. The van der Waals surface area contributed by atoms with Gasteiger partial charge in [0.15, 0.2) is 0 Å². The van der Waals surface area contributed by atoms with Crippen LogP contribution in [0.3, 0.4) is 0 Å². The smallest absolute Gasteiger partial charge is 0.219 e. The summed E-state index contributed by atoms with van der Waals surface area (Å²) in [5, 5.41) is 0. The Morgan fingerprint density at radius 1 is 1.33 bits per heavy atom. The van der Waals surface area contributed by atoms with Crippen molar-refractivity contribution in [3.05, 3.63) is 11.1 Å². The molecule has 2 heteroatoms. The first-order chi connectivity index (χ1) is 7.02. The minimum atomic E-state index is 0.200. The van der Waals surface area contributed by atoms with Gasteiger partial charge in [-0.1, -0.05) is 33.3 Å². The van der Waals surface area contributed by atoms with Gasteiger partial charge in [0, 0.05) is 20.0 Å². The fraction of sp³-hybridized carbons (Fsp3) is 0.769. The Morgan fingerprint density at radius 3 is 2.27 bits per heavy atom. The summed E-state index contributed by atoms with van der Waals surface area (Å²) < 4.78 is 0. The van der Waals surface area contributed by atoms with E-state index in [1.54, 1.807) is 6.92 Å². The molecule has 0 unspecified atom stereocenters. The first kappa shape index (κ1) is 14.2. The van der Waals surface area contributed by atoms with Crippen LogP contribution in [-0.2, 0) is 4.79 Å². The number of nitrogens with zero attached hydrogens (tertiary/aromatic N) is 1. The van der Waals surface area contributed by atoms with Crippen LogP contribution in [0.2, 0.25) is 0 Å². The van der Waals surface area contributed by atoms with Crippen molar-refractivity contribution < 1.29 is 4.79 Å². The van der Waals surface area contributed by atoms with Crippen LogP contribution in [0.25, 0.3) is 0 Å². The molecule has 1 rings (SSSR count). The normalized spacial score (nSPS) is 16.3. The van der Waals surface area contributed by atoms with E-state index in [0.29, 0.717) is 5.92 Å². The maximum atomic E-state index is 11.2. The number of carbonyl (C=O) groups excluding carboxylic acids is 1. The van der Waals surface area contributed by atoms with Crippen molar-refractivity contribution in [3.63, 3.8) is 0 Å². The third-order valence-corrected chi connectivity index (χ3v) is 2.81. The molecular weight excluding hydrogens is 186 g/mol. The number of hydrogen-bond donors (Lipinski definition) is 0. The second kappa shape index (κ2) is 6.65. The lowest BCUT2D eigenvalue weighted by atomic mass is 9.93. The first-order valence-electron chi connectivity index (χ1n) is 5.96. The predicted octanol–water partition coefficient (Wildman–Crippen LogP) is 3.24. The number of carbonyl (C=O) groups is 1. The third-order valence-electron chi connectivity index (χ3n) is 2.81. The standard InChI is InChI=1S/C11H19NO.C2H6/c1-8(2)11-7-12(10(4)13)6-5-9(11)3;1-2/h8H,5-7H2,1-4H3;1-2H3. The van der Waals surface area contributed by atoms with Gasteiger partial charge >= 0.3 is 0 Å². The molecule has 0 spiro atoms. The number of amides is 1. The van der Waals surface area contributed by atoms with Crippen LogP contribution in [0.4, 0.5) is 0 Å². The molecule has 0 aliphatic carbocycles. The van der Waals surface area contributed by atoms with Crippen molar-refractivity contribution >= 4 is 5.91 Å². The lowest BCUT2D eigenvalue weighted by molar-refractivity contribution is -0.128. The zero-order chi connectivity index (χ0) is 12.0. The molecule has 1 aliphatic rings. The van der Waals surface area contributed by atoms with E-state index >= 15 is 0 Å². The summed E-state index contributed by atoms with van der Waals surface area (Å²) in [6, 6.07) is 0. The quantitative estimate of drug-likeness (QED) is 0.610. The molecule has 0 aromatic rings. The summed E-state index contributed by atoms with van der Waals surface area (Å²) in [5.74, 6) is 0.771. The van der Waals surface area contributed by atoms with Crippen molar-refractivity contribution in [2.24, 2.45) is 5.92 Å². The molecule has 1 amide bonds. The van der Waals surface area contributed by atoms with Crippen LogP contribution in [0, 0.1) is 5.92 Å². The average molecular weight is 211 g/mol. The van der Waals surface area contributed by atoms with Gasteiger partial charge in [-0.25, -0.2) is 0 Å². The summed E-state index contributed by atoms with van der Waals surface area (Å²) in [5.41, 5.74) is 2.92. The van der Waals surface area contributed by atoms with Gasteiger partial charge in [0.25, 0.3) is 0 Å². The van der Waals surface area contributed by atoms with Crippen LogP contribution in [0.5, 0.6) is 0 Å². The Kier molecular flexibility index (Phi) is 6.30. The second-order valence-corrected chi connectivity index (χ2v) is 4.15. The molecule has 0 atom stereocenters. The monoisotopic (exact) mass is 211 g/mol. The Hall–Kier alpha value is -0.790. The van der Waals surface area contributed by atoms with Gasteiger partial charge < -0.3 is 4.90 Å². The fourth-order valence-electron chi connectivity index (χ4n) is 1.83. The molecule has 0 saturated heterocycles. The van der Waals surface area contributed by atoms with Crippen molar-refractivity contribution in [2.75, 3.05) is 13.1 Å². The molecule has 0 N–H and O–H groups in total. The van der Waals surface area contributed by atoms with E-state index in [9.17, 15) is 4.79 Å². The van der Waals surface area contributed by atoms with Crippen LogP contribution >= 0.6 is 0 Å². The molecule has 0 aromatic heterocycles. The predicted molar refractivity (Wildman–Crippen MR) is 65.8 cm³/mol. The molecule has 0 fully saturated rings. The van der Waals surface area contributed by atoms with E-state index in [2.05, 4.69) is 20.8 Å². The Morgan fingerprint density at radius 2 is 1.87 bits per heavy atom. The van der Waals surface area contributed by atoms with Crippen LogP contribution in [0.15, 0.2) is 11.1 Å². The molecule has 0 aromatic carbocycles. The van der Waals surface area contributed by atoms with Crippen LogP contribution < -0.4 is 0 Å². The molecular formula is C13H25NO. The van der Waals surface area contributed by atoms with Crippen LogP contribution in [-0.4, -0.2) is 23.9 Å². The molecule has 1 aliphatic heterocycles. The van der Waals surface area contributed by atoms with E-state index < -0.39 is 0 Å². The highest BCUT2D eigenvalue weighted by Gasteiger charge is 2.19. The molecule has 0 bridgehead atoms. The van der Waals surface area contributed by atoms with Gasteiger partial charge in [-0.15, -0.1) is 0 Å². The van der Waals surface area contributed by atoms with E-state index in [1.807, 2.05) is 18.7 Å². The fourth-order valence-corrected chi connectivity index (χ4v) is 1.83. The van der Waals surface area contributed by atoms with E-state index in [0.717, 1.165) is 19.5 Å². The summed E-state index contributed by atoms with van der Waals surface area (Å²) in [7, 11) is 0. The Balaban J connectivity index is 0.000000921. The summed E-state index contributed by atoms with van der Waals surface area (Å²) >= 11 is 0. The minimum absolute atomic E-state index is 0.200. The lowest BCUT2D eigenvalue weighted by Crippen LogP contribution is -2.36. The van der Waals surface area contributed by atoms with Gasteiger partial charge in [-0.2, -0.15) is 0 Å². The Bertz CT molecular complexity index is 241. The largest absolute Gasteiger partial charge is 0.339 e. The molecule has 0 radical (unpaired) electrons. The van der Waals surface area contributed by atoms with Crippen LogP contribution in [0.1, 0.15) is 48.0 Å². The van der Waals surface area contributed by atoms with E-state index in [4.69, 9.17) is 0 Å². The van der Waals surface area contributed by atoms with Crippen molar-refractivity contribution in [1.29, 1.82) is 0 Å². The lowest BCUT2D eigenvalue weighted by Gasteiger charge is -2.31. The number of rotatable bonds is 1. The second-order valence-electron chi connectivity index (χ2n) is 4.15. The molecule has 15 heavy (non-hydrogen) atoms. The number of hydrogen-bond acceptors (Lipinski definition) is 1. The average Bonchev–Trinajstić information content (AvgIpc) is 2.20. The minimum Gasteiger partial charge on any atom is -0.339 e. The SMILES string of the molecule is CC.CC(=O)N1CCC(C)=C(C(C)C)C1. The van der Waals surface area contributed by atoms with E-state index in [-0.39, 0.29) is 5.91 Å². The third kappa shape index (κ3) is 4.06. The summed E-state index contributed by atoms with van der Waals surface area (Å²) in [6.45, 7) is 14.0. The molecule has 2 nitrogen and oxygen atoms in total. The van der Waals surface area contributed by atoms with Crippen molar-refractivity contribution in [3.8, 4) is 0 Å². The first-order valence-corrected chi connectivity index (χ1v) is 5.96. The highest BCUT2D eigenvalue weighted by molar-refractivity contribution is 5.73. The topological polar surface area (TPSA) is 20.3 Å².